The van der Waals surface area contributed by atoms with Gasteiger partial charge in [0.2, 0.25) is 11.8 Å². The first kappa shape index (κ1) is 15.5. The molecule has 1 fully saturated rings. The van der Waals surface area contributed by atoms with Crippen molar-refractivity contribution in [3.8, 4) is 0 Å². The molecule has 0 saturated carbocycles. The van der Waals surface area contributed by atoms with Crippen molar-refractivity contribution >= 4 is 11.8 Å². The first-order valence-corrected chi connectivity index (χ1v) is 7.46. The van der Waals surface area contributed by atoms with Gasteiger partial charge in [-0.2, -0.15) is 0 Å². The van der Waals surface area contributed by atoms with Gasteiger partial charge >= 0.3 is 0 Å². The number of likely N-dealkylation sites (tertiary alicyclic amines) is 1. The second kappa shape index (κ2) is 7.22. The highest BCUT2D eigenvalue weighted by Gasteiger charge is 2.24. The van der Waals surface area contributed by atoms with Crippen LogP contribution in [0.25, 0.3) is 0 Å². The Morgan fingerprint density at radius 2 is 1.76 bits per heavy atom. The number of amides is 2. The van der Waals surface area contributed by atoms with E-state index in [2.05, 4.69) is 5.32 Å². The summed E-state index contributed by atoms with van der Waals surface area (Å²) in [4.78, 5) is 25.9. The Morgan fingerprint density at radius 1 is 1.19 bits per heavy atom. The number of carbonyl (C=O) groups excluding carboxylic acids is 2. The molecule has 1 aliphatic rings. The summed E-state index contributed by atoms with van der Waals surface area (Å²) in [6, 6.07) is 7.17. The van der Waals surface area contributed by atoms with Crippen molar-refractivity contribution in [3.63, 3.8) is 0 Å². The predicted octanol–water partition coefficient (Wildman–Crippen LogP) is 0.815. The number of nitrogens with zero attached hydrogens (tertiary/aromatic N) is 1. The minimum atomic E-state index is -0.459. The standard InChI is InChI=1S/C16H23N3O2/c1-12(16(21)19-8-2-3-9-19)18-15(20)10-13-4-6-14(11-17)7-5-13/h4-7,12H,2-3,8-11,17H2,1H3,(H,18,20). The van der Waals surface area contributed by atoms with Crippen LogP contribution < -0.4 is 11.1 Å². The summed E-state index contributed by atoms with van der Waals surface area (Å²) in [6.07, 6.45) is 2.39. The van der Waals surface area contributed by atoms with Crippen molar-refractivity contribution in [2.24, 2.45) is 5.73 Å². The van der Waals surface area contributed by atoms with Gasteiger partial charge in [-0.1, -0.05) is 24.3 Å². The van der Waals surface area contributed by atoms with Crippen LogP contribution in [0.4, 0.5) is 0 Å². The lowest BCUT2D eigenvalue weighted by Crippen LogP contribution is -2.46. The van der Waals surface area contributed by atoms with E-state index in [0.717, 1.165) is 37.1 Å². The zero-order valence-corrected chi connectivity index (χ0v) is 12.5. The maximum atomic E-state index is 12.1. The average molecular weight is 289 g/mol. The van der Waals surface area contributed by atoms with Crippen LogP contribution in [0.5, 0.6) is 0 Å². The van der Waals surface area contributed by atoms with Crippen LogP contribution in [0.2, 0.25) is 0 Å². The molecule has 0 aromatic heterocycles. The van der Waals surface area contributed by atoms with E-state index in [1.165, 1.54) is 0 Å². The van der Waals surface area contributed by atoms with Crippen molar-refractivity contribution in [1.82, 2.24) is 10.2 Å². The van der Waals surface area contributed by atoms with E-state index in [1.54, 1.807) is 6.92 Å². The van der Waals surface area contributed by atoms with Crippen LogP contribution in [0.3, 0.4) is 0 Å². The molecule has 2 amide bonds. The SMILES string of the molecule is CC(NC(=O)Cc1ccc(CN)cc1)C(=O)N1CCCC1. The summed E-state index contributed by atoms with van der Waals surface area (Å²) in [5.74, 6) is -0.116. The lowest BCUT2D eigenvalue weighted by atomic mass is 10.1. The highest BCUT2D eigenvalue weighted by molar-refractivity contribution is 5.88. The topological polar surface area (TPSA) is 75.4 Å². The molecular formula is C16H23N3O2. The van der Waals surface area contributed by atoms with Gasteiger partial charge in [-0.05, 0) is 30.9 Å². The molecule has 0 radical (unpaired) electrons. The monoisotopic (exact) mass is 289 g/mol. The van der Waals surface area contributed by atoms with Gasteiger partial charge in [0.05, 0.1) is 6.42 Å². The number of nitrogens with one attached hydrogen (secondary N) is 1. The first-order chi connectivity index (χ1) is 10.1. The van der Waals surface area contributed by atoms with Gasteiger partial charge in [0, 0.05) is 19.6 Å². The molecule has 1 aliphatic heterocycles. The van der Waals surface area contributed by atoms with E-state index in [1.807, 2.05) is 29.2 Å². The predicted molar refractivity (Wildman–Crippen MR) is 81.5 cm³/mol. The second-order valence-corrected chi connectivity index (χ2v) is 5.52. The molecule has 1 atom stereocenters. The fourth-order valence-electron chi connectivity index (χ4n) is 2.54. The van der Waals surface area contributed by atoms with Crippen LogP contribution >= 0.6 is 0 Å². The molecule has 21 heavy (non-hydrogen) atoms. The lowest BCUT2D eigenvalue weighted by molar-refractivity contribution is -0.134. The van der Waals surface area contributed by atoms with E-state index < -0.39 is 6.04 Å². The quantitative estimate of drug-likeness (QED) is 0.842. The maximum Gasteiger partial charge on any atom is 0.244 e. The van der Waals surface area contributed by atoms with Gasteiger partial charge in [-0.25, -0.2) is 0 Å². The Balaban J connectivity index is 1.83. The number of rotatable bonds is 5. The molecule has 0 aliphatic carbocycles. The summed E-state index contributed by atoms with van der Waals surface area (Å²) < 4.78 is 0. The summed E-state index contributed by atoms with van der Waals surface area (Å²) >= 11 is 0. The highest BCUT2D eigenvalue weighted by Crippen LogP contribution is 2.09. The Labute approximate surface area is 125 Å². The normalized spacial score (nSPS) is 15.8. The number of carbonyl (C=O) groups is 2. The summed E-state index contributed by atoms with van der Waals surface area (Å²) in [5, 5.41) is 2.78. The molecule has 2 rings (SSSR count). The Bertz CT molecular complexity index is 493. The van der Waals surface area contributed by atoms with E-state index >= 15 is 0 Å². The Kier molecular flexibility index (Phi) is 5.33. The van der Waals surface area contributed by atoms with Crippen molar-refractivity contribution in [1.29, 1.82) is 0 Å². The van der Waals surface area contributed by atoms with Crippen LogP contribution in [0, 0.1) is 0 Å². The van der Waals surface area contributed by atoms with E-state index in [0.29, 0.717) is 6.54 Å². The summed E-state index contributed by atoms with van der Waals surface area (Å²) in [5.41, 5.74) is 7.50. The van der Waals surface area contributed by atoms with Crippen LogP contribution in [-0.4, -0.2) is 35.8 Å². The first-order valence-electron chi connectivity index (χ1n) is 7.46. The molecule has 5 heteroatoms. The third kappa shape index (κ3) is 4.29. The second-order valence-electron chi connectivity index (χ2n) is 5.52. The molecule has 0 bridgehead atoms. The average Bonchev–Trinajstić information content (AvgIpc) is 3.01. The summed E-state index contributed by atoms with van der Waals surface area (Å²) in [6.45, 7) is 3.85. The fourth-order valence-corrected chi connectivity index (χ4v) is 2.54. The number of hydrogen-bond acceptors (Lipinski definition) is 3. The fraction of sp³-hybridized carbons (Fsp3) is 0.500. The van der Waals surface area contributed by atoms with Gasteiger partial charge < -0.3 is 16.0 Å². The summed E-state index contributed by atoms with van der Waals surface area (Å²) in [7, 11) is 0. The molecule has 1 aromatic carbocycles. The van der Waals surface area contributed by atoms with Crippen LogP contribution in [0.15, 0.2) is 24.3 Å². The number of hydrogen-bond donors (Lipinski definition) is 2. The molecule has 1 aromatic rings. The zero-order valence-electron chi connectivity index (χ0n) is 12.5. The van der Waals surface area contributed by atoms with E-state index in [-0.39, 0.29) is 18.2 Å². The molecule has 1 unspecified atom stereocenters. The van der Waals surface area contributed by atoms with Crippen molar-refractivity contribution in [3.05, 3.63) is 35.4 Å². The van der Waals surface area contributed by atoms with Crippen molar-refractivity contribution in [2.45, 2.75) is 38.8 Å². The minimum absolute atomic E-state index is 0.0133. The van der Waals surface area contributed by atoms with E-state index in [9.17, 15) is 9.59 Å². The molecular weight excluding hydrogens is 266 g/mol. The number of nitrogens with two attached hydrogens (primary N) is 1. The van der Waals surface area contributed by atoms with E-state index in [4.69, 9.17) is 5.73 Å². The smallest absolute Gasteiger partial charge is 0.244 e. The Hall–Kier alpha value is -1.88. The minimum Gasteiger partial charge on any atom is -0.344 e. The van der Waals surface area contributed by atoms with Gasteiger partial charge in [0.15, 0.2) is 0 Å². The molecule has 0 spiro atoms. The molecule has 1 heterocycles. The van der Waals surface area contributed by atoms with Crippen LogP contribution in [0.1, 0.15) is 30.9 Å². The molecule has 114 valence electrons. The van der Waals surface area contributed by atoms with Crippen molar-refractivity contribution in [2.75, 3.05) is 13.1 Å². The molecule has 1 saturated heterocycles. The van der Waals surface area contributed by atoms with Crippen molar-refractivity contribution < 1.29 is 9.59 Å². The van der Waals surface area contributed by atoms with Gasteiger partial charge in [0.25, 0.3) is 0 Å². The van der Waals surface area contributed by atoms with Gasteiger partial charge in [0.1, 0.15) is 6.04 Å². The highest BCUT2D eigenvalue weighted by atomic mass is 16.2. The Morgan fingerprint density at radius 3 is 2.33 bits per heavy atom. The maximum absolute atomic E-state index is 12.1. The lowest BCUT2D eigenvalue weighted by Gasteiger charge is -2.21. The molecule has 3 N–H and O–H groups in total. The third-order valence-electron chi connectivity index (χ3n) is 3.79. The van der Waals surface area contributed by atoms with Gasteiger partial charge in [-0.15, -0.1) is 0 Å². The molecule has 5 nitrogen and oxygen atoms in total. The zero-order chi connectivity index (χ0) is 15.2. The van der Waals surface area contributed by atoms with Crippen LogP contribution in [-0.2, 0) is 22.6 Å². The number of benzene rings is 1. The third-order valence-corrected chi connectivity index (χ3v) is 3.79. The van der Waals surface area contributed by atoms with Gasteiger partial charge in [-0.3, -0.25) is 9.59 Å². The largest absolute Gasteiger partial charge is 0.344 e.